The Bertz CT molecular complexity index is 964. The molecule has 0 aliphatic rings. The lowest BCUT2D eigenvalue weighted by Gasteiger charge is -2.08. The molecule has 3 aromatic rings. The topological polar surface area (TPSA) is 99.6 Å². The van der Waals surface area contributed by atoms with Crippen LogP contribution in [0.3, 0.4) is 0 Å². The molecule has 0 atom stereocenters. The maximum atomic E-state index is 12.5. The molecule has 9 heteroatoms. The van der Waals surface area contributed by atoms with Crippen LogP contribution in [-0.4, -0.2) is 35.0 Å². The molecule has 3 rings (SSSR count). The van der Waals surface area contributed by atoms with Gasteiger partial charge >= 0.3 is 0 Å². The first-order valence-electron chi connectivity index (χ1n) is 7.60. The molecular formula is C15H19N7O2. The Morgan fingerprint density at radius 2 is 2.12 bits per heavy atom. The Kier molecular flexibility index (Phi) is 3.92. The maximum absolute atomic E-state index is 12.5. The van der Waals surface area contributed by atoms with Crippen molar-refractivity contribution in [2.24, 2.45) is 7.05 Å². The van der Waals surface area contributed by atoms with Gasteiger partial charge in [0.05, 0.1) is 11.9 Å². The van der Waals surface area contributed by atoms with E-state index in [9.17, 15) is 9.59 Å². The highest BCUT2D eigenvalue weighted by molar-refractivity contribution is 5.89. The third-order valence-corrected chi connectivity index (χ3v) is 3.65. The summed E-state index contributed by atoms with van der Waals surface area (Å²) in [5.41, 5.74) is 1.03. The first kappa shape index (κ1) is 15.9. The molecule has 1 amide bonds. The number of hydrogen-bond donors (Lipinski definition) is 1. The minimum absolute atomic E-state index is 0.0987. The number of fused-ring (bicyclic) bond motifs is 1. The third-order valence-electron chi connectivity index (χ3n) is 3.65. The summed E-state index contributed by atoms with van der Waals surface area (Å²) in [6.45, 7) is 5.63. The Labute approximate surface area is 137 Å². The SMILES string of the molecule is Cc1cc(NC(=O)Cn2cnc3c(cnn3C(C)C)c2=O)n(C)n1. The molecule has 126 valence electrons. The van der Waals surface area contributed by atoms with E-state index >= 15 is 0 Å². The molecule has 0 radical (unpaired) electrons. The highest BCUT2D eigenvalue weighted by atomic mass is 16.2. The Balaban J connectivity index is 1.85. The van der Waals surface area contributed by atoms with Crippen molar-refractivity contribution in [3.8, 4) is 0 Å². The highest BCUT2D eigenvalue weighted by Crippen LogP contribution is 2.12. The molecule has 9 nitrogen and oxygen atoms in total. The molecule has 0 saturated carbocycles. The van der Waals surface area contributed by atoms with E-state index in [2.05, 4.69) is 20.5 Å². The number of nitrogens with one attached hydrogen (secondary N) is 1. The second kappa shape index (κ2) is 5.91. The monoisotopic (exact) mass is 329 g/mol. The van der Waals surface area contributed by atoms with Crippen molar-refractivity contribution in [2.75, 3.05) is 5.32 Å². The fraction of sp³-hybridized carbons (Fsp3) is 0.400. The van der Waals surface area contributed by atoms with E-state index < -0.39 is 0 Å². The van der Waals surface area contributed by atoms with Gasteiger partial charge < -0.3 is 5.32 Å². The Hall–Kier alpha value is -2.97. The van der Waals surface area contributed by atoms with Crippen LogP contribution < -0.4 is 10.9 Å². The van der Waals surface area contributed by atoms with E-state index in [-0.39, 0.29) is 24.1 Å². The molecule has 0 aliphatic heterocycles. The summed E-state index contributed by atoms with van der Waals surface area (Å²) in [6, 6.07) is 1.86. The van der Waals surface area contributed by atoms with Crippen LogP contribution in [0.4, 0.5) is 5.82 Å². The molecule has 0 unspecified atom stereocenters. The Morgan fingerprint density at radius 1 is 1.38 bits per heavy atom. The molecule has 3 aromatic heterocycles. The lowest BCUT2D eigenvalue weighted by atomic mass is 10.4. The van der Waals surface area contributed by atoms with Crippen LogP contribution in [0.1, 0.15) is 25.6 Å². The van der Waals surface area contributed by atoms with E-state index in [4.69, 9.17) is 0 Å². The van der Waals surface area contributed by atoms with Crippen LogP contribution in [0, 0.1) is 6.92 Å². The molecule has 0 bridgehead atoms. The van der Waals surface area contributed by atoms with E-state index in [1.54, 1.807) is 22.5 Å². The summed E-state index contributed by atoms with van der Waals surface area (Å²) in [7, 11) is 1.74. The van der Waals surface area contributed by atoms with E-state index in [0.29, 0.717) is 16.9 Å². The number of carbonyl (C=O) groups excluding carboxylic acids is 1. The fourth-order valence-electron chi connectivity index (χ4n) is 2.52. The summed E-state index contributed by atoms with van der Waals surface area (Å²) in [5.74, 6) is 0.254. The second-order valence-electron chi connectivity index (χ2n) is 5.94. The standard InChI is InChI=1S/C15H19N7O2/c1-9(2)22-14-11(6-17-22)15(24)21(8-16-14)7-13(23)18-12-5-10(3)19-20(12)4/h5-6,8-9H,7H2,1-4H3,(H,18,23). The smallest absolute Gasteiger partial charge is 0.264 e. The highest BCUT2D eigenvalue weighted by Gasteiger charge is 2.14. The summed E-state index contributed by atoms with van der Waals surface area (Å²) >= 11 is 0. The molecule has 0 aromatic carbocycles. The van der Waals surface area contributed by atoms with Crippen molar-refractivity contribution in [2.45, 2.75) is 33.4 Å². The van der Waals surface area contributed by atoms with Crippen molar-refractivity contribution < 1.29 is 4.79 Å². The number of hydrogen-bond acceptors (Lipinski definition) is 5. The van der Waals surface area contributed by atoms with E-state index in [1.807, 2.05) is 20.8 Å². The number of aromatic nitrogens is 6. The molecule has 24 heavy (non-hydrogen) atoms. The van der Waals surface area contributed by atoms with Crippen LogP contribution in [-0.2, 0) is 18.4 Å². The van der Waals surface area contributed by atoms with E-state index in [1.165, 1.54) is 17.1 Å². The molecule has 0 spiro atoms. The maximum Gasteiger partial charge on any atom is 0.264 e. The second-order valence-corrected chi connectivity index (χ2v) is 5.94. The summed E-state index contributed by atoms with van der Waals surface area (Å²) in [6.07, 6.45) is 2.86. The van der Waals surface area contributed by atoms with Crippen LogP contribution in [0.2, 0.25) is 0 Å². The van der Waals surface area contributed by atoms with Gasteiger partial charge in [-0.3, -0.25) is 18.8 Å². The zero-order chi connectivity index (χ0) is 17.4. The van der Waals surface area contributed by atoms with Gasteiger partial charge in [-0.25, -0.2) is 9.67 Å². The first-order valence-corrected chi connectivity index (χ1v) is 7.60. The zero-order valence-corrected chi connectivity index (χ0v) is 14.0. The minimum atomic E-state index is -0.322. The molecule has 0 saturated heterocycles. The molecule has 3 heterocycles. The third kappa shape index (κ3) is 2.80. The average molecular weight is 329 g/mol. The predicted molar refractivity (Wildman–Crippen MR) is 88.7 cm³/mol. The lowest BCUT2D eigenvalue weighted by molar-refractivity contribution is -0.116. The van der Waals surface area contributed by atoms with Gasteiger partial charge in [-0.1, -0.05) is 0 Å². The van der Waals surface area contributed by atoms with Crippen LogP contribution in [0.15, 0.2) is 23.4 Å². The summed E-state index contributed by atoms with van der Waals surface area (Å²) < 4.78 is 4.52. The van der Waals surface area contributed by atoms with Crippen LogP contribution >= 0.6 is 0 Å². The van der Waals surface area contributed by atoms with Crippen molar-refractivity contribution in [3.05, 3.63) is 34.6 Å². The molecule has 0 aliphatic carbocycles. The minimum Gasteiger partial charge on any atom is -0.309 e. The normalized spacial score (nSPS) is 11.4. The quantitative estimate of drug-likeness (QED) is 0.765. The largest absolute Gasteiger partial charge is 0.309 e. The van der Waals surface area contributed by atoms with Crippen LogP contribution in [0.5, 0.6) is 0 Å². The molecular weight excluding hydrogens is 310 g/mol. The predicted octanol–water partition coefficient (Wildman–Crippen LogP) is 0.855. The number of rotatable bonds is 4. The number of carbonyl (C=O) groups is 1. The van der Waals surface area contributed by atoms with Crippen molar-refractivity contribution >= 4 is 22.8 Å². The van der Waals surface area contributed by atoms with Crippen LogP contribution in [0.25, 0.3) is 11.0 Å². The fourth-order valence-corrected chi connectivity index (χ4v) is 2.52. The number of aryl methyl sites for hydroxylation is 2. The van der Waals surface area contributed by atoms with Crippen molar-refractivity contribution in [1.82, 2.24) is 29.1 Å². The summed E-state index contributed by atoms with van der Waals surface area (Å²) in [4.78, 5) is 29.0. The van der Waals surface area contributed by atoms with E-state index in [0.717, 1.165) is 5.69 Å². The van der Waals surface area contributed by atoms with Gasteiger partial charge in [-0.05, 0) is 20.8 Å². The van der Waals surface area contributed by atoms with Gasteiger partial charge in [0.1, 0.15) is 24.1 Å². The van der Waals surface area contributed by atoms with Gasteiger partial charge in [0, 0.05) is 19.2 Å². The molecule has 0 fully saturated rings. The summed E-state index contributed by atoms with van der Waals surface area (Å²) in [5, 5.41) is 11.5. The first-order chi connectivity index (χ1) is 11.4. The number of nitrogens with zero attached hydrogens (tertiary/aromatic N) is 6. The van der Waals surface area contributed by atoms with Crippen molar-refractivity contribution in [3.63, 3.8) is 0 Å². The zero-order valence-electron chi connectivity index (χ0n) is 14.0. The van der Waals surface area contributed by atoms with Gasteiger partial charge in [-0.2, -0.15) is 10.2 Å². The van der Waals surface area contributed by atoms with Gasteiger partial charge in [0.2, 0.25) is 5.91 Å². The number of amides is 1. The Morgan fingerprint density at radius 3 is 2.75 bits per heavy atom. The lowest BCUT2D eigenvalue weighted by Crippen LogP contribution is -2.28. The average Bonchev–Trinajstić information content (AvgIpc) is 3.06. The van der Waals surface area contributed by atoms with Gasteiger partial charge in [0.25, 0.3) is 5.56 Å². The molecule has 1 N–H and O–H groups in total. The van der Waals surface area contributed by atoms with Gasteiger partial charge in [-0.15, -0.1) is 0 Å². The van der Waals surface area contributed by atoms with Gasteiger partial charge in [0.15, 0.2) is 5.65 Å². The number of anilines is 1. The van der Waals surface area contributed by atoms with Crippen molar-refractivity contribution in [1.29, 1.82) is 0 Å².